The summed E-state index contributed by atoms with van der Waals surface area (Å²) in [6.45, 7) is 0. The number of hydrogen-bond acceptors (Lipinski definition) is 1. The number of aliphatic carboxylic acids is 1. The fourth-order valence-electron chi connectivity index (χ4n) is 1.48. The number of hydrogen-bond donors (Lipinski definition) is 2. The highest BCUT2D eigenvalue weighted by molar-refractivity contribution is 9.10. The minimum absolute atomic E-state index is 0.110. The summed E-state index contributed by atoms with van der Waals surface area (Å²) in [7, 11) is 0. The zero-order chi connectivity index (χ0) is 11.0. The first-order valence-electron chi connectivity index (χ1n) is 4.24. The average Bonchev–Trinajstić information content (AvgIpc) is 2.49. The summed E-state index contributed by atoms with van der Waals surface area (Å²) < 4.78 is 13.6. The van der Waals surface area contributed by atoms with Crippen LogP contribution in [0.2, 0.25) is 0 Å². The van der Waals surface area contributed by atoms with Gasteiger partial charge in [0.05, 0.1) is 10.9 Å². The molecule has 15 heavy (non-hydrogen) atoms. The molecule has 2 aromatic rings. The molecule has 0 aliphatic carbocycles. The molecule has 0 aliphatic rings. The van der Waals surface area contributed by atoms with E-state index in [1.165, 1.54) is 6.07 Å². The molecule has 1 aromatic carbocycles. The monoisotopic (exact) mass is 271 g/mol. The summed E-state index contributed by atoms with van der Waals surface area (Å²) in [4.78, 5) is 13.4. The molecular weight excluding hydrogens is 265 g/mol. The molecule has 0 bridgehead atoms. The van der Waals surface area contributed by atoms with Gasteiger partial charge in [-0.3, -0.25) is 4.79 Å². The molecule has 0 radical (unpaired) electrons. The number of aromatic nitrogens is 1. The van der Waals surface area contributed by atoms with Gasteiger partial charge >= 0.3 is 5.97 Å². The van der Waals surface area contributed by atoms with E-state index in [2.05, 4.69) is 20.9 Å². The lowest BCUT2D eigenvalue weighted by Crippen LogP contribution is -1.98. The number of fused-ring (bicyclic) bond motifs is 1. The Morgan fingerprint density at radius 2 is 2.27 bits per heavy atom. The van der Waals surface area contributed by atoms with Crippen molar-refractivity contribution in [2.75, 3.05) is 0 Å². The van der Waals surface area contributed by atoms with Crippen molar-refractivity contribution in [1.29, 1.82) is 0 Å². The zero-order valence-electron chi connectivity index (χ0n) is 7.55. The Kier molecular flexibility index (Phi) is 2.48. The van der Waals surface area contributed by atoms with Crippen molar-refractivity contribution in [2.45, 2.75) is 6.42 Å². The number of carboxylic acid groups (broad SMARTS) is 1. The predicted molar refractivity (Wildman–Crippen MR) is 57.3 cm³/mol. The Bertz CT molecular complexity index is 535. The van der Waals surface area contributed by atoms with Gasteiger partial charge in [-0.1, -0.05) is 0 Å². The number of rotatable bonds is 2. The SMILES string of the molecule is O=C(O)Cc1c[nH]c2cc(Br)c(F)cc12. The van der Waals surface area contributed by atoms with Crippen LogP contribution in [0.15, 0.2) is 22.8 Å². The molecule has 0 saturated heterocycles. The number of nitrogens with one attached hydrogen (secondary N) is 1. The lowest BCUT2D eigenvalue weighted by Gasteiger charge is -1.97. The highest BCUT2D eigenvalue weighted by Gasteiger charge is 2.10. The maximum atomic E-state index is 13.2. The molecule has 0 unspecified atom stereocenters. The van der Waals surface area contributed by atoms with Crippen molar-refractivity contribution in [3.05, 3.63) is 34.2 Å². The number of aromatic amines is 1. The number of halogens is 2. The summed E-state index contributed by atoms with van der Waals surface area (Å²) in [5.41, 5.74) is 1.31. The second-order valence-corrected chi connectivity index (χ2v) is 4.05. The van der Waals surface area contributed by atoms with E-state index in [0.717, 1.165) is 5.52 Å². The molecule has 1 aromatic heterocycles. The molecule has 0 fully saturated rings. The lowest BCUT2D eigenvalue weighted by molar-refractivity contribution is -0.136. The first kappa shape index (κ1) is 10.2. The molecule has 2 N–H and O–H groups in total. The number of benzene rings is 1. The average molecular weight is 272 g/mol. The van der Waals surface area contributed by atoms with Crippen molar-refractivity contribution in [1.82, 2.24) is 4.98 Å². The summed E-state index contributed by atoms with van der Waals surface area (Å²) >= 11 is 3.07. The van der Waals surface area contributed by atoms with Gasteiger partial charge in [0, 0.05) is 17.1 Å². The van der Waals surface area contributed by atoms with Gasteiger partial charge in [0.25, 0.3) is 0 Å². The van der Waals surface area contributed by atoms with E-state index in [-0.39, 0.29) is 6.42 Å². The normalized spacial score (nSPS) is 10.8. The van der Waals surface area contributed by atoms with Crippen LogP contribution in [0.5, 0.6) is 0 Å². The quantitative estimate of drug-likeness (QED) is 0.883. The van der Waals surface area contributed by atoms with E-state index in [0.29, 0.717) is 15.4 Å². The summed E-state index contributed by atoms with van der Waals surface area (Å²) in [6, 6.07) is 2.92. The van der Waals surface area contributed by atoms with E-state index >= 15 is 0 Å². The van der Waals surface area contributed by atoms with Gasteiger partial charge in [-0.25, -0.2) is 4.39 Å². The predicted octanol–water partition coefficient (Wildman–Crippen LogP) is 2.70. The Morgan fingerprint density at radius 3 is 2.93 bits per heavy atom. The van der Waals surface area contributed by atoms with Crippen LogP contribution >= 0.6 is 15.9 Å². The van der Waals surface area contributed by atoms with E-state index < -0.39 is 11.8 Å². The number of carbonyl (C=O) groups is 1. The maximum Gasteiger partial charge on any atom is 0.307 e. The zero-order valence-corrected chi connectivity index (χ0v) is 9.14. The van der Waals surface area contributed by atoms with Crippen LogP contribution in [0.3, 0.4) is 0 Å². The van der Waals surface area contributed by atoms with E-state index in [9.17, 15) is 9.18 Å². The molecule has 5 heteroatoms. The first-order chi connectivity index (χ1) is 7.08. The molecule has 0 aliphatic heterocycles. The third kappa shape index (κ3) is 1.87. The van der Waals surface area contributed by atoms with Crippen molar-refractivity contribution in [2.24, 2.45) is 0 Å². The second-order valence-electron chi connectivity index (χ2n) is 3.20. The van der Waals surface area contributed by atoms with Gasteiger partial charge in [-0.05, 0) is 33.6 Å². The number of H-pyrrole nitrogens is 1. The Balaban J connectivity index is 2.59. The lowest BCUT2D eigenvalue weighted by atomic mass is 10.1. The van der Waals surface area contributed by atoms with Crippen LogP contribution in [0, 0.1) is 5.82 Å². The fourth-order valence-corrected chi connectivity index (χ4v) is 1.83. The van der Waals surface area contributed by atoms with E-state index in [1.807, 2.05) is 0 Å². The van der Waals surface area contributed by atoms with Crippen molar-refractivity contribution < 1.29 is 14.3 Å². The van der Waals surface area contributed by atoms with Gasteiger partial charge in [0.2, 0.25) is 0 Å². The fraction of sp³-hybridized carbons (Fsp3) is 0.100. The van der Waals surface area contributed by atoms with E-state index in [1.54, 1.807) is 12.3 Å². The molecule has 0 amide bonds. The molecule has 0 spiro atoms. The largest absolute Gasteiger partial charge is 0.481 e. The van der Waals surface area contributed by atoms with Crippen LogP contribution in [0.4, 0.5) is 4.39 Å². The molecule has 3 nitrogen and oxygen atoms in total. The summed E-state index contributed by atoms with van der Waals surface area (Å²) in [5, 5.41) is 9.26. The molecular formula is C10H7BrFNO2. The van der Waals surface area contributed by atoms with Crippen molar-refractivity contribution >= 4 is 32.8 Å². The van der Waals surface area contributed by atoms with Crippen LogP contribution in [-0.4, -0.2) is 16.1 Å². The maximum absolute atomic E-state index is 13.2. The van der Waals surface area contributed by atoms with Gasteiger partial charge in [-0.2, -0.15) is 0 Å². The minimum atomic E-state index is -0.931. The van der Waals surface area contributed by atoms with Crippen LogP contribution < -0.4 is 0 Å². The van der Waals surface area contributed by atoms with Crippen LogP contribution in [-0.2, 0) is 11.2 Å². The van der Waals surface area contributed by atoms with Crippen LogP contribution in [0.25, 0.3) is 10.9 Å². The Labute approximate surface area is 93.0 Å². The standard InChI is InChI=1S/C10H7BrFNO2/c11-7-3-9-6(2-8(7)12)5(4-13-9)1-10(14)15/h2-4,13H,1H2,(H,14,15). The first-order valence-corrected chi connectivity index (χ1v) is 5.04. The smallest absolute Gasteiger partial charge is 0.307 e. The second kappa shape index (κ2) is 3.66. The third-order valence-electron chi connectivity index (χ3n) is 2.15. The highest BCUT2D eigenvalue weighted by atomic mass is 79.9. The Morgan fingerprint density at radius 1 is 1.53 bits per heavy atom. The van der Waals surface area contributed by atoms with Crippen molar-refractivity contribution in [3.63, 3.8) is 0 Å². The Hall–Kier alpha value is -1.36. The molecule has 0 atom stereocenters. The third-order valence-corrected chi connectivity index (χ3v) is 2.76. The van der Waals surface area contributed by atoms with Gasteiger partial charge in [-0.15, -0.1) is 0 Å². The summed E-state index contributed by atoms with van der Waals surface area (Å²) in [6.07, 6.45) is 1.48. The molecule has 0 saturated carbocycles. The van der Waals surface area contributed by atoms with Gasteiger partial charge in [0.15, 0.2) is 0 Å². The van der Waals surface area contributed by atoms with E-state index in [4.69, 9.17) is 5.11 Å². The number of carboxylic acids is 1. The van der Waals surface area contributed by atoms with Crippen LogP contribution in [0.1, 0.15) is 5.56 Å². The molecule has 2 rings (SSSR count). The minimum Gasteiger partial charge on any atom is -0.481 e. The van der Waals surface area contributed by atoms with Gasteiger partial charge < -0.3 is 10.1 Å². The highest BCUT2D eigenvalue weighted by Crippen LogP contribution is 2.25. The molecule has 1 heterocycles. The molecule has 78 valence electrons. The van der Waals surface area contributed by atoms with Gasteiger partial charge in [0.1, 0.15) is 5.82 Å². The topological polar surface area (TPSA) is 53.1 Å². The summed E-state index contributed by atoms with van der Waals surface area (Å²) in [5.74, 6) is -1.33. The van der Waals surface area contributed by atoms with Crippen molar-refractivity contribution in [3.8, 4) is 0 Å².